The molecule has 0 heterocycles. The largest absolute Gasteiger partial charge is 0.496 e. The first-order chi connectivity index (χ1) is 10.0. The zero-order valence-electron chi connectivity index (χ0n) is 11.1. The van der Waals surface area contributed by atoms with Crippen LogP contribution >= 0.6 is 31.9 Å². The highest BCUT2D eigenvalue weighted by Crippen LogP contribution is 2.26. The van der Waals surface area contributed by atoms with Gasteiger partial charge in [0.25, 0.3) is 0 Å². The lowest BCUT2D eigenvalue weighted by Crippen LogP contribution is -2.11. The number of halogens is 2. The number of methoxy groups -OCH3 is 1. The second-order valence-electron chi connectivity index (χ2n) is 4.19. The number of carbonyl (C=O) groups is 1. The maximum Gasteiger partial charge on any atom is 0.175 e. The predicted octanol–water partition coefficient (Wildman–Crippen LogP) is 4.21. The third kappa shape index (κ3) is 4.02. The van der Waals surface area contributed by atoms with Gasteiger partial charge in [0.1, 0.15) is 5.75 Å². The molecule has 0 aliphatic heterocycles. The van der Waals surface area contributed by atoms with Crippen molar-refractivity contribution in [3.63, 3.8) is 0 Å². The highest BCUT2D eigenvalue weighted by Gasteiger charge is 2.15. The minimum atomic E-state index is -1.38. The average Bonchev–Trinajstić information content (AvgIpc) is 2.47. The Morgan fingerprint density at radius 2 is 1.86 bits per heavy atom. The summed E-state index contributed by atoms with van der Waals surface area (Å²) >= 11 is 6.68. The monoisotopic (exact) mass is 430 g/mol. The fraction of sp³-hybridized carbons (Fsp3) is 0.133. The number of ether oxygens (including phenoxy) is 1. The van der Waals surface area contributed by atoms with Gasteiger partial charge in [-0.2, -0.15) is 0 Å². The molecule has 0 saturated carbocycles. The van der Waals surface area contributed by atoms with Crippen molar-refractivity contribution in [2.24, 2.45) is 0 Å². The Balaban J connectivity index is 2.17. The van der Waals surface area contributed by atoms with Crippen LogP contribution in [0.4, 0.5) is 0 Å². The van der Waals surface area contributed by atoms with Gasteiger partial charge in [0.05, 0.1) is 33.0 Å². The van der Waals surface area contributed by atoms with Gasteiger partial charge in [-0.15, -0.1) is 0 Å². The summed E-state index contributed by atoms with van der Waals surface area (Å²) in [6.45, 7) is 0. The van der Waals surface area contributed by atoms with Crippen LogP contribution in [0.1, 0.15) is 10.4 Å². The van der Waals surface area contributed by atoms with E-state index in [2.05, 4.69) is 31.9 Å². The van der Waals surface area contributed by atoms with E-state index in [-0.39, 0.29) is 11.5 Å². The van der Waals surface area contributed by atoms with Gasteiger partial charge >= 0.3 is 0 Å². The molecule has 2 rings (SSSR count). The summed E-state index contributed by atoms with van der Waals surface area (Å²) in [5.74, 6) is 0.424. The number of carbonyl (C=O) groups excluding carboxylic acids is 1. The van der Waals surface area contributed by atoms with E-state index in [0.29, 0.717) is 20.7 Å². The van der Waals surface area contributed by atoms with Gasteiger partial charge in [-0.25, -0.2) is 0 Å². The van der Waals surface area contributed by atoms with Crippen LogP contribution < -0.4 is 4.74 Å². The van der Waals surface area contributed by atoms with Gasteiger partial charge in [-0.05, 0) is 62.2 Å². The molecule has 0 aliphatic carbocycles. The molecule has 3 nitrogen and oxygen atoms in total. The Hall–Kier alpha value is -0.980. The topological polar surface area (TPSA) is 43.4 Å². The van der Waals surface area contributed by atoms with E-state index < -0.39 is 10.8 Å². The van der Waals surface area contributed by atoms with Crippen molar-refractivity contribution in [2.75, 3.05) is 12.9 Å². The van der Waals surface area contributed by atoms with Crippen LogP contribution in [-0.4, -0.2) is 22.9 Å². The first kappa shape index (κ1) is 16.4. The first-order valence-corrected chi connectivity index (χ1v) is 8.93. The molecule has 2 aromatic rings. The maximum atomic E-state index is 12.3. The van der Waals surface area contributed by atoms with Crippen molar-refractivity contribution >= 4 is 48.4 Å². The van der Waals surface area contributed by atoms with Crippen molar-refractivity contribution in [3.8, 4) is 5.75 Å². The summed E-state index contributed by atoms with van der Waals surface area (Å²) in [6, 6.07) is 12.2. The Morgan fingerprint density at radius 3 is 2.48 bits per heavy atom. The molecule has 1 unspecified atom stereocenters. The van der Waals surface area contributed by atoms with E-state index in [1.54, 1.807) is 37.4 Å². The average molecular weight is 432 g/mol. The number of ketones is 1. The van der Waals surface area contributed by atoms with Crippen molar-refractivity contribution in [1.29, 1.82) is 0 Å². The molecule has 0 aliphatic rings. The number of hydrogen-bond acceptors (Lipinski definition) is 3. The molecule has 2 aromatic carbocycles. The highest BCUT2D eigenvalue weighted by atomic mass is 79.9. The zero-order chi connectivity index (χ0) is 15.4. The zero-order valence-corrected chi connectivity index (χ0v) is 15.1. The SMILES string of the molecule is COc1ccc(C(=O)CS(=O)c2ccccc2Br)cc1Br. The van der Waals surface area contributed by atoms with Gasteiger partial charge in [0.2, 0.25) is 0 Å². The molecular weight excluding hydrogens is 420 g/mol. The summed E-state index contributed by atoms with van der Waals surface area (Å²) in [7, 11) is 0.177. The normalized spacial score (nSPS) is 12.0. The molecule has 0 amide bonds. The Labute approximate surface area is 142 Å². The quantitative estimate of drug-likeness (QED) is 0.666. The summed E-state index contributed by atoms with van der Waals surface area (Å²) in [4.78, 5) is 12.8. The van der Waals surface area contributed by atoms with Gasteiger partial charge in [0.15, 0.2) is 5.78 Å². The fourth-order valence-corrected chi connectivity index (χ4v) is 4.19. The van der Waals surface area contributed by atoms with E-state index in [1.807, 2.05) is 12.1 Å². The van der Waals surface area contributed by atoms with Crippen LogP contribution in [0, 0.1) is 0 Å². The summed E-state index contributed by atoms with van der Waals surface area (Å²) in [5.41, 5.74) is 0.503. The summed E-state index contributed by atoms with van der Waals surface area (Å²) in [6.07, 6.45) is 0. The van der Waals surface area contributed by atoms with Crippen molar-refractivity contribution < 1.29 is 13.7 Å². The van der Waals surface area contributed by atoms with Crippen LogP contribution in [-0.2, 0) is 10.8 Å². The lowest BCUT2D eigenvalue weighted by Gasteiger charge is -2.07. The minimum absolute atomic E-state index is 0.0542. The Morgan fingerprint density at radius 1 is 1.14 bits per heavy atom. The smallest absolute Gasteiger partial charge is 0.175 e. The molecule has 0 radical (unpaired) electrons. The van der Waals surface area contributed by atoms with Crippen molar-refractivity contribution in [1.82, 2.24) is 0 Å². The van der Waals surface area contributed by atoms with Gasteiger partial charge in [-0.1, -0.05) is 12.1 Å². The van der Waals surface area contributed by atoms with Gasteiger partial charge < -0.3 is 4.74 Å². The van der Waals surface area contributed by atoms with Crippen LogP contribution in [0.25, 0.3) is 0 Å². The molecule has 21 heavy (non-hydrogen) atoms. The van der Waals surface area contributed by atoms with E-state index in [0.717, 1.165) is 4.47 Å². The highest BCUT2D eigenvalue weighted by molar-refractivity contribution is 9.10. The molecule has 0 N–H and O–H groups in total. The fourth-order valence-electron chi connectivity index (χ4n) is 1.75. The van der Waals surface area contributed by atoms with Crippen molar-refractivity contribution in [2.45, 2.75) is 4.90 Å². The molecule has 1 atom stereocenters. The number of hydrogen-bond donors (Lipinski definition) is 0. The molecule has 0 saturated heterocycles. The lowest BCUT2D eigenvalue weighted by molar-refractivity contribution is 0.102. The molecule has 0 aromatic heterocycles. The number of rotatable bonds is 5. The predicted molar refractivity (Wildman–Crippen MR) is 90.4 cm³/mol. The molecular formula is C15H12Br2O3S. The van der Waals surface area contributed by atoms with E-state index >= 15 is 0 Å². The van der Waals surface area contributed by atoms with Crippen LogP contribution in [0.2, 0.25) is 0 Å². The Kier molecular flexibility index (Phi) is 5.72. The van der Waals surface area contributed by atoms with Crippen LogP contribution in [0.3, 0.4) is 0 Å². The number of Topliss-reactive ketones (excluding diaryl/α,β-unsaturated/α-hetero) is 1. The third-order valence-electron chi connectivity index (χ3n) is 2.82. The molecule has 0 fully saturated rings. The Bertz CT molecular complexity index is 701. The van der Waals surface area contributed by atoms with E-state index in [9.17, 15) is 9.00 Å². The molecule has 110 valence electrons. The lowest BCUT2D eigenvalue weighted by atomic mass is 10.1. The van der Waals surface area contributed by atoms with E-state index in [4.69, 9.17) is 4.74 Å². The standard InChI is InChI=1S/C15H12Br2O3S/c1-20-14-7-6-10(8-12(14)17)13(18)9-21(19)15-5-3-2-4-11(15)16/h2-8H,9H2,1H3. The summed E-state index contributed by atoms with van der Waals surface area (Å²) < 4.78 is 18.8. The number of benzene rings is 2. The van der Waals surface area contributed by atoms with E-state index in [1.165, 1.54) is 0 Å². The summed E-state index contributed by atoms with van der Waals surface area (Å²) in [5, 5.41) is 0. The minimum Gasteiger partial charge on any atom is -0.496 e. The van der Waals surface area contributed by atoms with Crippen molar-refractivity contribution in [3.05, 3.63) is 57.0 Å². The molecule has 0 bridgehead atoms. The van der Waals surface area contributed by atoms with Crippen LogP contribution in [0.15, 0.2) is 56.3 Å². The first-order valence-electron chi connectivity index (χ1n) is 6.02. The van der Waals surface area contributed by atoms with Gasteiger partial charge in [-0.3, -0.25) is 9.00 Å². The van der Waals surface area contributed by atoms with Crippen LogP contribution in [0.5, 0.6) is 5.75 Å². The van der Waals surface area contributed by atoms with Gasteiger partial charge in [0, 0.05) is 10.0 Å². The maximum absolute atomic E-state index is 12.3. The second-order valence-corrected chi connectivity index (χ2v) is 7.32. The molecule has 0 spiro atoms. The third-order valence-corrected chi connectivity index (χ3v) is 5.76. The second kappa shape index (κ2) is 7.33. The molecule has 6 heteroatoms.